The zero-order chi connectivity index (χ0) is 28.8. The minimum Gasteiger partial charge on any atom is -0.475 e. The van der Waals surface area contributed by atoms with Gasteiger partial charge in [-0.25, -0.2) is 13.2 Å². The van der Waals surface area contributed by atoms with E-state index in [0.29, 0.717) is 24.1 Å². The Balaban J connectivity index is 0.000000532. The van der Waals surface area contributed by atoms with Crippen LogP contribution in [-0.4, -0.2) is 38.1 Å². The first-order valence-corrected chi connectivity index (χ1v) is 14.5. The molecule has 2 aliphatic rings. The second-order valence-corrected chi connectivity index (χ2v) is 12.3. The highest BCUT2D eigenvalue weighted by atomic mass is 32.2. The van der Waals surface area contributed by atoms with Crippen molar-refractivity contribution in [1.82, 2.24) is 5.32 Å². The zero-order valence-corrected chi connectivity index (χ0v) is 22.9. The van der Waals surface area contributed by atoms with Crippen molar-refractivity contribution in [3.8, 4) is 0 Å². The normalized spacial score (nSPS) is 17.1. The maximum atomic E-state index is 12.9. The molecule has 39 heavy (non-hydrogen) atoms. The van der Waals surface area contributed by atoms with Crippen molar-refractivity contribution < 1.29 is 36.3 Å². The standard InChI is InChI=1S/C26H34N2O3S.C2HF3O2/c1-19(2)18-27-25(29)26(16-17-26)22-10-12-23(13-11-22)28-32(30,31)24-14-8-21(9-15-24)20-6-4-3-5-7-20;3-2(4,5)1(6)7/h8-15,19-20,28H,3-7,16-18H2,1-2H3,(H,27,29);(H,6,7). The molecule has 3 N–H and O–H groups in total. The van der Waals surface area contributed by atoms with E-state index < -0.39 is 27.6 Å². The quantitative estimate of drug-likeness (QED) is 0.363. The molecule has 0 bridgehead atoms. The topological polar surface area (TPSA) is 113 Å². The number of nitrogens with one attached hydrogen (secondary N) is 2. The van der Waals surface area contributed by atoms with Crippen LogP contribution >= 0.6 is 0 Å². The molecule has 2 aromatic carbocycles. The Kier molecular flexibility index (Phi) is 9.69. The molecule has 4 rings (SSSR count). The van der Waals surface area contributed by atoms with Crippen molar-refractivity contribution in [2.45, 2.75) is 81.2 Å². The van der Waals surface area contributed by atoms with E-state index in [0.717, 1.165) is 18.4 Å². The molecule has 0 heterocycles. The molecule has 2 aliphatic carbocycles. The van der Waals surface area contributed by atoms with Gasteiger partial charge in [-0.05, 0) is 72.9 Å². The van der Waals surface area contributed by atoms with Crippen LogP contribution in [0.25, 0.3) is 0 Å². The minimum absolute atomic E-state index is 0.0672. The van der Waals surface area contributed by atoms with Crippen LogP contribution in [0.4, 0.5) is 18.9 Å². The number of benzene rings is 2. The number of carboxylic acid groups (broad SMARTS) is 1. The number of amides is 1. The second-order valence-electron chi connectivity index (χ2n) is 10.6. The van der Waals surface area contributed by atoms with Gasteiger partial charge in [0.15, 0.2) is 0 Å². The first kappa shape index (κ1) is 30.5. The first-order valence-electron chi connectivity index (χ1n) is 13.1. The van der Waals surface area contributed by atoms with Gasteiger partial charge in [-0.1, -0.05) is 57.4 Å². The van der Waals surface area contributed by atoms with Gasteiger partial charge in [0.05, 0.1) is 10.3 Å². The number of carbonyl (C=O) groups is 2. The number of sulfonamides is 1. The number of anilines is 1. The van der Waals surface area contributed by atoms with Crippen molar-refractivity contribution in [2.75, 3.05) is 11.3 Å². The van der Waals surface area contributed by atoms with Crippen molar-refractivity contribution in [1.29, 1.82) is 0 Å². The van der Waals surface area contributed by atoms with E-state index in [1.54, 1.807) is 24.3 Å². The summed E-state index contributed by atoms with van der Waals surface area (Å²) < 4.78 is 60.1. The highest BCUT2D eigenvalue weighted by Gasteiger charge is 2.51. The van der Waals surface area contributed by atoms with Gasteiger partial charge in [0.2, 0.25) is 5.91 Å². The molecular formula is C28H35F3N2O5S. The number of hydrogen-bond donors (Lipinski definition) is 3. The Labute approximate surface area is 227 Å². The third-order valence-corrected chi connectivity index (χ3v) is 8.45. The van der Waals surface area contributed by atoms with Crippen LogP contribution in [0.1, 0.15) is 75.8 Å². The maximum absolute atomic E-state index is 12.9. The van der Waals surface area contributed by atoms with E-state index in [4.69, 9.17) is 9.90 Å². The molecule has 214 valence electrons. The summed E-state index contributed by atoms with van der Waals surface area (Å²) in [4.78, 5) is 21.8. The summed E-state index contributed by atoms with van der Waals surface area (Å²) in [7, 11) is -3.66. The van der Waals surface area contributed by atoms with E-state index in [1.807, 2.05) is 24.3 Å². The van der Waals surface area contributed by atoms with Crippen LogP contribution in [0.3, 0.4) is 0 Å². The third-order valence-electron chi connectivity index (χ3n) is 7.05. The molecule has 0 atom stereocenters. The van der Waals surface area contributed by atoms with E-state index in [9.17, 15) is 26.4 Å². The fraction of sp³-hybridized carbons (Fsp3) is 0.500. The number of carboxylic acids is 1. The average Bonchev–Trinajstić information content (AvgIpc) is 3.70. The number of halogens is 3. The summed E-state index contributed by atoms with van der Waals surface area (Å²) >= 11 is 0. The molecular weight excluding hydrogens is 533 g/mol. The molecule has 11 heteroatoms. The van der Waals surface area contributed by atoms with Crippen molar-refractivity contribution in [2.24, 2.45) is 5.92 Å². The van der Waals surface area contributed by atoms with Crippen LogP contribution in [-0.2, 0) is 25.0 Å². The number of alkyl halides is 3. The summed E-state index contributed by atoms with van der Waals surface area (Å²) in [6.07, 6.45) is 2.76. The molecule has 7 nitrogen and oxygen atoms in total. The van der Waals surface area contributed by atoms with Gasteiger partial charge in [0.1, 0.15) is 0 Å². The van der Waals surface area contributed by atoms with E-state index in [2.05, 4.69) is 23.9 Å². The van der Waals surface area contributed by atoms with Gasteiger partial charge in [-0.2, -0.15) is 13.2 Å². The van der Waals surface area contributed by atoms with Crippen LogP contribution in [0.15, 0.2) is 53.4 Å². The summed E-state index contributed by atoms with van der Waals surface area (Å²) in [6, 6.07) is 14.6. The first-order chi connectivity index (χ1) is 18.2. The highest BCUT2D eigenvalue weighted by molar-refractivity contribution is 7.92. The molecule has 2 aromatic rings. The monoisotopic (exact) mass is 568 g/mol. The lowest BCUT2D eigenvalue weighted by atomic mass is 9.84. The van der Waals surface area contributed by atoms with Gasteiger partial charge < -0.3 is 10.4 Å². The number of aliphatic carboxylic acids is 1. The summed E-state index contributed by atoms with van der Waals surface area (Å²) in [6.45, 7) is 4.81. The number of carbonyl (C=O) groups excluding carboxylic acids is 1. The van der Waals surface area contributed by atoms with Gasteiger partial charge in [-0.3, -0.25) is 9.52 Å². The molecule has 1 amide bonds. The maximum Gasteiger partial charge on any atom is 0.490 e. The molecule has 2 saturated carbocycles. The van der Waals surface area contributed by atoms with E-state index in [1.165, 1.54) is 37.7 Å². The molecule has 0 saturated heterocycles. The Bertz CT molecular complexity index is 1230. The predicted molar refractivity (Wildman–Crippen MR) is 142 cm³/mol. The van der Waals surface area contributed by atoms with Gasteiger partial charge in [0.25, 0.3) is 10.0 Å². The molecule has 2 fully saturated rings. The van der Waals surface area contributed by atoms with Crippen molar-refractivity contribution >= 4 is 27.6 Å². The number of rotatable bonds is 8. The third kappa shape index (κ3) is 8.20. The summed E-state index contributed by atoms with van der Waals surface area (Å²) in [5, 5.41) is 10.2. The lowest BCUT2D eigenvalue weighted by molar-refractivity contribution is -0.192. The largest absolute Gasteiger partial charge is 0.490 e. The van der Waals surface area contributed by atoms with Crippen molar-refractivity contribution in [3.63, 3.8) is 0 Å². The lowest BCUT2D eigenvalue weighted by Gasteiger charge is -2.22. The van der Waals surface area contributed by atoms with Gasteiger partial charge >= 0.3 is 12.1 Å². The van der Waals surface area contributed by atoms with Crippen LogP contribution < -0.4 is 10.0 Å². The Morgan fingerprint density at radius 2 is 1.51 bits per heavy atom. The average molecular weight is 569 g/mol. The lowest BCUT2D eigenvalue weighted by Crippen LogP contribution is -2.36. The van der Waals surface area contributed by atoms with Crippen LogP contribution in [0.2, 0.25) is 0 Å². The highest BCUT2D eigenvalue weighted by Crippen LogP contribution is 2.48. The van der Waals surface area contributed by atoms with Gasteiger partial charge in [-0.15, -0.1) is 0 Å². The predicted octanol–water partition coefficient (Wildman–Crippen LogP) is 5.97. The number of hydrogen-bond acceptors (Lipinski definition) is 4. The Hall–Kier alpha value is -3.08. The molecule has 0 radical (unpaired) electrons. The van der Waals surface area contributed by atoms with Crippen LogP contribution in [0.5, 0.6) is 0 Å². The van der Waals surface area contributed by atoms with E-state index in [-0.39, 0.29) is 10.8 Å². The van der Waals surface area contributed by atoms with Crippen LogP contribution in [0, 0.1) is 5.92 Å². The Morgan fingerprint density at radius 3 is 1.97 bits per heavy atom. The fourth-order valence-electron chi connectivity index (χ4n) is 4.66. The SMILES string of the molecule is CC(C)CNC(=O)C1(c2ccc(NS(=O)(=O)c3ccc(C4CCCCC4)cc3)cc2)CC1.O=C(O)C(F)(F)F. The van der Waals surface area contributed by atoms with Crippen molar-refractivity contribution in [3.05, 3.63) is 59.7 Å². The minimum atomic E-state index is -5.08. The van der Waals surface area contributed by atoms with E-state index >= 15 is 0 Å². The fourth-order valence-corrected chi connectivity index (χ4v) is 5.72. The smallest absolute Gasteiger partial charge is 0.475 e. The second kappa shape index (κ2) is 12.4. The zero-order valence-electron chi connectivity index (χ0n) is 22.1. The molecule has 0 aromatic heterocycles. The molecule has 0 unspecified atom stereocenters. The van der Waals surface area contributed by atoms with Gasteiger partial charge in [0, 0.05) is 12.2 Å². The molecule has 0 spiro atoms. The summed E-state index contributed by atoms with van der Waals surface area (Å²) in [5.41, 5.74) is 2.22. The summed E-state index contributed by atoms with van der Waals surface area (Å²) in [5.74, 6) is -1.73. The Morgan fingerprint density at radius 1 is 0.974 bits per heavy atom. The molecule has 0 aliphatic heterocycles.